The van der Waals surface area contributed by atoms with Crippen molar-refractivity contribution >= 4 is 0 Å². The number of nitrogens with two attached hydrogens (primary N) is 1. The fourth-order valence-electron chi connectivity index (χ4n) is 1.89. The first-order chi connectivity index (χ1) is 5.25. The molecule has 2 nitrogen and oxygen atoms in total. The van der Waals surface area contributed by atoms with Gasteiger partial charge in [0, 0.05) is 25.2 Å². The van der Waals surface area contributed by atoms with Crippen molar-refractivity contribution in [3.63, 3.8) is 0 Å². The molecule has 64 valence electrons. The Morgan fingerprint density at radius 1 is 1.45 bits per heavy atom. The van der Waals surface area contributed by atoms with E-state index in [1.165, 1.54) is 19.3 Å². The maximum atomic E-state index is 5.71. The van der Waals surface area contributed by atoms with Crippen LogP contribution in [0.4, 0.5) is 0 Å². The normalized spacial score (nSPS) is 30.0. The Morgan fingerprint density at radius 2 is 2.09 bits per heavy atom. The summed E-state index contributed by atoms with van der Waals surface area (Å²) in [5, 5.41) is 0. The summed E-state index contributed by atoms with van der Waals surface area (Å²) in [5.41, 5.74) is 5.71. The third-order valence-corrected chi connectivity index (χ3v) is 2.93. The molecule has 0 spiro atoms. The summed E-state index contributed by atoms with van der Waals surface area (Å²) in [5.74, 6) is 1.06. The van der Waals surface area contributed by atoms with Crippen molar-refractivity contribution < 1.29 is 0 Å². The smallest absolute Gasteiger partial charge is 0.0297 e. The summed E-state index contributed by atoms with van der Waals surface area (Å²) in [6.45, 7) is 4.60. The van der Waals surface area contributed by atoms with Gasteiger partial charge in [-0.1, -0.05) is 12.8 Å². The van der Waals surface area contributed by atoms with Gasteiger partial charge in [-0.3, -0.25) is 4.90 Å². The van der Waals surface area contributed by atoms with Crippen molar-refractivity contribution in [3.05, 3.63) is 0 Å². The molecule has 2 N–H and O–H groups in total. The molecule has 1 aliphatic carbocycles. The van der Waals surface area contributed by atoms with Crippen molar-refractivity contribution in [1.82, 2.24) is 4.90 Å². The van der Waals surface area contributed by atoms with Crippen LogP contribution in [0.3, 0.4) is 0 Å². The zero-order chi connectivity index (χ0) is 7.84. The van der Waals surface area contributed by atoms with E-state index < -0.39 is 0 Å². The lowest BCUT2D eigenvalue weighted by molar-refractivity contribution is 0.0950. The molecule has 2 aliphatic rings. The monoisotopic (exact) mass is 154 g/mol. The molecule has 0 aromatic rings. The maximum Gasteiger partial charge on any atom is 0.0297 e. The highest BCUT2D eigenvalue weighted by Crippen LogP contribution is 2.35. The highest BCUT2D eigenvalue weighted by atomic mass is 15.2. The molecule has 2 heteroatoms. The van der Waals surface area contributed by atoms with Crippen LogP contribution >= 0.6 is 0 Å². The lowest BCUT2D eigenvalue weighted by Crippen LogP contribution is -2.58. The average molecular weight is 154 g/mol. The van der Waals surface area contributed by atoms with Gasteiger partial charge in [-0.15, -0.1) is 0 Å². The molecular weight excluding hydrogens is 136 g/mol. The quantitative estimate of drug-likeness (QED) is 0.652. The Balaban J connectivity index is 1.68. The second-order valence-corrected chi connectivity index (χ2v) is 4.24. The first-order valence-corrected chi connectivity index (χ1v) is 4.75. The van der Waals surface area contributed by atoms with Crippen LogP contribution < -0.4 is 5.73 Å². The van der Waals surface area contributed by atoms with Gasteiger partial charge in [-0.2, -0.15) is 0 Å². The lowest BCUT2D eigenvalue weighted by Gasteiger charge is -2.41. The van der Waals surface area contributed by atoms with Gasteiger partial charge in [0.2, 0.25) is 0 Å². The van der Waals surface area contributed by atoms with Crippen molar-refractivity contribution in [2.45, 2.75) is 38.3 Å². The summed E-state index contributed by atoms with van der Waals surface area (Å²) >= 11 is 0. The average Bonchev–Trinajstić information content (AvgIpc) is 2.64. The Bertz CT molecular complexity index is 136. The SMILES string of the molecule is CC(CC1CC1)N1CC(N)C1. The zero-order valence-corrected chi connectivity index (χ0v) is 7.29. The van der Waals surface area contributed by atoms with Gasteiger partial charge in [0.25, 0.3) is 0 Å². The number of rotatable bonds is 3. The van der Waals surface area contributed by atoms with Gasteiger partial charge >= 0.3 is 0 Å². The van der Waals surface area contributed by atoms with Gasteiger partial charge < -0.3 is 5.73 Å². The van der Waals surface area contributed by atoms with Crippen molar-refractivity contribution in [3.8, 4) is 0 Å². The van der Waals surface area contributed by atoms with Crippen LogP contribution in [0.15, 0.2) is 0 Å². The van der Waals surface area contributed by atoms with Crippen LogP contribution in [-0.4, -0.2) is 30.1 Å². The Morgan fingerprint density at radius 3 is 2.55 bits per heavy atom. The summed E-state index contributed by atoms with van der Waals surface area (Å²) in [6, 6.07) is 1.26. The van der Waals surface area contributed by atoms with Crippen molar-refractivity contribution in [2.75, 3.05) is 13.1 Å². The Hall–Kier alpha value is -0.0800. The Kier molecular flexibility index (Phi) is 1.90. The largest absolute Gasteiger partial charge is 0.325 e. The molecule has 1 saturated carbocycles. The van der Waals surface area contributed by atoms with E-state index >= 15 is 0 Å². The van der Waals surface area contributed by atoms with E-state index in [1.807, 2.05) is 0 Å². The van der Waals surface area contributed by atoms with Crippen LogP contribution in [-0.2, 0) is 0 Å². The molecule has 0 aromatic carbocycles. The second kappa shape index (κ2) is 2.76. The van der Waals surface area contributed by atoms with Crippen LogP contribution in [0.25, 0.3) is 0 Å². The molecular formula is C9H18N2. The van der Waals surface area contributed by atoms with Crippen LogP contribution in [0.2, 0.25) is 0 Å². The molecule has 1 aliphatic heterocycles. The number of hydrogen-bond donors (Lipinski definition) is 1. The molecule has 0 radical (unpaired) electrons. The molecule has 0 amide bonds. The van der Waals surface area contributed by atoms with Crippen LogP contribution in [0.1, 0.15) is 26.2 Å². The van der Waals surface area contributed by atoms with Crippen LogP contribution in [0, 0.1) is 5.92 Å². The van der Waals surface area contributed by atoms with Gasteiger partial charge in [-0.05, 0) is 19.3 Å². The highest BCUT2D eigenvalue weighted by molar-refractivity contribution is 4.88. The molecule has 0 aromatic heterocycles. The molecule has 1 heterocycles. The first-order valence-electron chi connectivity index (χ1n) is 4.75. The number of likely N-dealkylation sites (tertiary alicyclic amines) is 1. The predicted octanol–water partition coefficient (Wildman–Crippen LogP) is 0.818. The third kappa shape index (κ3) is 1.74. The van der Waals surface area contributed by atoms with E-state index in [-0.39, 0.29) is 0 Å². The number of hydrogen-bond acceptors (Lipinski definition) is 2. The van der Waals surface area contributed by atoms with Gasteiger partial charge in [-0.25, -0.2) is 0 Å². The minimum absolute atomic E-state index is 0.469. The standard InChI is InChI=1S/C9H18N2/c1-7(4-8-2-3-8)11-5-9(10)6-11/h7-9H,2-6,10H2,1H3. The molecule has 1 atom stereocenters. The summed E-state index contributed by atoms with van der Waals surface area (Å²) in [6.07, 6.45) is 4.36. The van der Waals surface area contributed by atoms with Gasteiger partial charge in [0.1, 0.15) is 0 Å². The summed E-state index contributed by atoms with van der Waals surface area (Å²) in [4.78, 5) is 2.50. The highest BCUT2D eigenvalue weighted by Gasteiger charge is 2.31. The summed E-state index contributed by atoms with van der Waals surface area (Å²) in [7, 11) is 0. The van der Waals surface area contributed by atoms with E-state index in [4.69, 9.17) is 5.73 Å². The molecule has 0 bridgehead atoms. The van der Waals surface area contributed by atoms with E-state index in [9.17, 15) is 0 Å². The fraction of sp³-hybridized carbons (Fsp3) is 1.00. The summed E-state index contributed by atoms with van der Waals surface area (Å²) < 4.78 is 0. The first kappa shape index (κ1) is 7.56. The molecule has 1 unspecified atom stereocenters. The van der Waals surface area contributed by atoms with Crippen molar-refractivity contribution in [1.29, 1.82) is 0 Å². The van der Waals surface area contributed by atoms with E-state index in [2.05, 4.69) is 11.8 Å². The minimum atomic E-state index is 0.469. The van der Waals surface area contributed by atoms with Gasteiger partial charge in [0.15, 0.2) is 0 Å². The zero-order valence-electron chi connectivity index (χ0n) is 7.29. The van der Waals surface area contributed by atoms with Gasteiger partial charge in [0.05, 0.1) is 0 Å². The fourth-order valence-corrected chi connectivity index (χ4v) is 1.89. The third-order valence-electron chi connectivity index (χ3n) is 2.93. The van der Waals surface area contributed by atoms with E-state index in [0.29, 0.717) is 6.04 Å². The maximum absolute atomic E-state index is 5.71. The topological polar surface area (TPSA) is 29.3 Å². The number of nitrogens with zero attached hydrogens (tertiary/aromatic N) is 1. The second-order valence-electron chi connectivity index (χ2n) is 4.24. The predicted molar refractivity (Wildman–Crippen MR) is 46.4 cm³/mol. The van der Waals surface area contributed by atoms with Crippen LogP contribution in [0.5, 0.6) is 0 Å². The van der Waals surface area contributed by atoms with Crippen molar-refractivity contribution in [2.24, 2.45) is 11.7 Å². The lowest BCUT2D eigenvalue weighted by atomic mass is 10.0. The van der Waals surface area contributed by atoms with E-state index in [1.54, 1.807) is 0 Å². The van der Waals surface area contributed by atoms with E-state index in [0.717, 1.165) is 25.0 Å². The molecule has 11 heavy (non-hydrogen) atoms. The molecule has 1 saturated heterocycles. The minimum Gasteiger partial charge on any atom is -0.325 e. The molecule has 2 rings (SSSR count). The molecule has 2 fully saturated rings. The Labute approximate surface area is 68.7 Å².